The summed E-state index contributed by atoms with van der Waals surface area (Å²) in [6.45, 7) is 14.4. The largest absolute Gasteiger partial charge is 0.270 e. The Morgan fingerprint density at radius 3 is 1.93 bits per heavy atom. The first-order valence-corrected chi connectivity index (χ1v) is 5.78. The van der Waals surface area contributed by atoms with Crippen molar-refractivity contribution in [3.8, 4) is 0 Å². The maximum absolute atomic E-state index is 4.34. The van der Waals surface area contributed by atoms with E-state index >= 15 is 0 Å². The van der Waals surface area contributed by atoms with E-state index in [-0.39, 0.29) is 0 Å². The lowest BCUT2D eigenvalue weighted by atomic mass is 10.3. The van der Waals surface area contributed by atoms with Crippen molar-refractivity contribution >= 4 is 0 Å². The van der Waals surface area contributed by atoms with E-state index in [4.69, 9.17) is 0 Å². The highest BCUT2D eigenvalue weighted by molar-refractivity contribution is 4.98. The lowest BCUT2D eigenvalue weighted by molar-refractivity contribution is 0.527. The molecule has 0 spiro atoms. The first-order valence-electron chi connectivity index (χ1n) is 5.78. The van der Waals surface area contributed by atoms with Crippen molar-refractivity contribution in [2.45, 2.75) is 60.9 Å². The van der Waals surface area contributed by atoms with Gasteiger partial charge in [-0.3, -0.25) is 4.68 Å². The molecular formula is C12H26N2. The van der Waals surface area contributed by atoms with Crippen molar-refractivity contribution in [1.82, 2.24) is 9.78 Å². The molecule has 1 rings (SSSR count). The number of hydrogen-bond acceptors (Lipinski definition) is 1. The highest BCUT2D eigenvalue weighted by Gasteiger charge is 1.98. The molecular weight excluding hydrogens is 172 g/mol. The zero-order valence-electron chi connectivity index (χ0n) is 10.8. The van der Waals surface area contributed by atoms with Crippen LogP contribution in [0.3, 0.4) is 0 Å². The van der Waals surface area contributed by atoms with E-state index in [1.54, 1.807) is 0 Å². The van der Waals surface area contributed by atoms with Gasteiger partial charge in [0.15, 0.2) is 0 Å². The van der Waals surface area contributed by atoms with E-state index in [1.807, 2.05) is 38.6 Å². The molecule has 0 saturated carbocycles. The van der Waals surface area contributed by atoms with Gasteiger partial charge in [-0.25, -0.2) is 0 Å². The molecule has 0 aromatic carbocycles. The fourth-order valence-corrected chi connectivity index (χ4v) is 0.854. The fraction of sp³-hybridized carbons (Fsp3) is 0.750. The Kier molecular flexibility index (Phi) is 11.5. The molecule has 0 amide bonds. The van der Waals surface area contributed by atoms with Gasteiger partial charge in [0.25, 0.3) is 0 Å². The molecule has 0 atom stereocenters. The third kappa shape index (κ3) is 5.79. The molecule has 84 valence electrons. The summed E-state index contributed by atoms with van der Waals surface area (Å²) in [5.41, 5.74) is 1.17. The minimum Gasteiger partial charge on any atom is -0.270 e. The number of hydrogen-bond donors (Lipinski definition) is 0. The highest BCUT2D eigenvalue weighted by atomic mass is 15.3. The summed E-state index contributed by atoms with van der Waals surface area (Å²) in [6, 6.07) is 2.56. The van der Waals surface area contributed by atoms with E-state index in [2.05, 4.69) is 31.9 Å². The Labute approximate surface area is 89.3 Å². The van der Waals surface area contributed by atoms with Gasteiger partial charge in [-0.2, -0.15) is 5.10 Å². The van der Waals surface area contributed by atoms with Crippen LogP contribution in [0.1, 0.15) is 60.2 Å². The van der Waals surface area contributed by atoms with Gasteiger partial charge in [0.1, 0.15) is 0 Å². The second kappa shape index (κ2) is 10.3. The highest BCUT2D eigenvalue weighted by Crippen LogP contribution is 2.03. The van der Waals surface area contributed by atoms with Crippen LogP contribution in [0.5, 0.6) is 0 Å². The Hall–Kier alpha value is -0.790. The van der Waals surface area contributed by atoms with E-state index in [1.165, 1.54) is 5.69 Å². The standard InChI is InChI=1S/C8H14N2.2C2H6/c1-4-8-5-6-10(9-8)7(2)3;2*1-2/h5-7H,4H2,1-3H3;2*1-2H3. The predicted molar refractivity (Wildman–Crippen MR) is 64.7 cm³/mol. The SMILES string of the molecule is CC.CC.CCc1ccn(C(C)C)n1. The predicted octanol–water partition coefficient (Wildman–Crippen LogP) is 4.08. The van der Waals surface area contributed by atoms with Gasteiger partial charge in [-0.15, -0.1) is 0 Å². The van der Waals surface area contributed by atoms with Crippen molar-refractivity contribution in [3.05, 3.63) is 18.0 Å². The number of aromatic nitrogens is 2. The molecule has 1 heterocycles. The van der Waals surface area contributed by atoms with Gasteiger partial charge in [0, 0.05) is 12.2 Å². The summed E-state index contributed by atoms with van der Waals surface area (Å²) < 4.78 is 1.98. The van der Waals surface area contributed by atoms with Crippen molar-refractivity contribution in [2.24, 2.45) is 0 Å². The summed E-state index contributed by atoms with van der Waals surface area (Å²) in [5, 5.41) is 4.34. The monoisotopic (exact) mass is 198 g/mol. The van der Waals surface area contributed by atoms with Crippen LogP contribution >= 0.6 is 0 Å². The Morgan fingerprint density at radius 1 is 1.21 bits per heavy atom. The van der Waals surface area contributed by atoms with Gasteiger partial charge in [-0.1, -0.05) is 34.6 Å². The maximum atomic E-state index is 4.34. The lowest BCUT2D eigenvalue weighted by Gasteiger charge is -2.02. The van der Waals surface area contributed by atoms with Gasteiger partial charge < -0.3 is 0 Å². The van der Waals surface area contributed by atoms with Crippen LogP contribution in [-0.4, -0.2) is 9.78 Å². The molecule has 0 saturated heterocycles. The van der Waals surface area contributed by atoms with Gasteiger partial charge >= 0.3 is 0 Å². The van der Waals surface area contributed by atoms with Crippen LogP contribution < -0.4 is 0 Å². The third-order valence-corrected chi connectivity index (χ3v) is 1.55. The van der Waals surface area contributed by atoms with Crippen LogP contribution in [0.25, 0.3) is 0 Å². The second-order valence-corrected chi connectivity index (χ2v) is 2.73. The molecule has 0 N–H and O–H groups in total. The van der Waals surface area contributed by atoms with Crippen molar-refractivity contribution in [1.29, 1.82) is 0 Å². The van der Waals surface area contributed by atoms with Crippen LogP contribution in [0.2, 0.25) is 0 Å². The smallest absolute Gasteiger partial charge is 0.0621 e. The molecule has 1 aromatic rings. The van der Waals surface area contributed by atoms with Crippen LogP contribution in [0, 0.1) is 0 Å². The Balaban J connectivity index is 0. The molecule has 2 nitrogen and oxygen atoms in total. The van der Waals surface area contributed by atoms with Crippen molar-refractivity contribution in [2.75, 3.05) is 0 Å². The molecule has 14 heavy (non-hydrogen) atoms. The number of nitrogens with zero attached hydrogens (tertiary/aromatic N) is 2. The molecule has 1 aromatic heterocycles. The molecule has 0 bridgehead atoms. The minimum atomic E-state index is 0.486. The molecule has 0 aliphatic rings. The molecule has 0 aliphatic carbocycles. The summed E-state index contributed by atoms with van der Waals surface area (Å²) >= 11 is 0. The summed E-state index contributed by atoms with van der Waals surface area (Å²) in [6.07, 6.45) is 3.06. The number of aryl methyl sites for hydroxylation is 1. The topological polar surface area (TPSA) is 17.8 Å². The van der Waals surface area contributed by atoms with E-state index < -0.39 is 0 Å². The average molecular weight is 198 g/mol. The maximum Gasteiger partial charge on any atom is 0.0621 e. The third-order valence-electron chi connectivity index (χ3n) is 1.55. The van der Waals surface area contributed by atoms with E-state index in [0.717, 1.165) is 6.42 Å². The molecule has 2 heteroatoms. The minimum absolute atomic E-state index is 0.486. The van der Waals surface area contributed by atoms with E-state index in [0.29, 0.717) is 6.04 Å². The first kappa shape index (κ1) is 15.7. The average Bonchev–Trinajstić information content (AvgIpc) is 2.72. The Bertz CT molecular complexity index is 202. The Morgan fingerprint density at radius 2 is 1.71 bits per heavy atom. The quantitative estimate of drug-likeness (QED) is 0.700. The van der Waals surface area contributed by atoms with Crippen LogP contribution in [0.4, 0.5) is 0 Å². The summed E-state index contributed by atoms with van der Waals surface area (Å²) in [4.78, 5) is 0. The summed E-state index contributed by atoms with van der Waals surface area (Å²) in [5.74, 6) is 0. The van der Waals surface area contributed by atoms with Crippen LogP contribution in [0.15, 0.2) is 12.3 Å². The first-order chi connectivity index (χ1) is 6.74. The second-order valence-electron chi connectivity index (χ2n) is 2.73. The molecule has 0 unspecified atom stereocenters. The zero-order chi connectivity index (χ0) is 11.6. The molecule has 0 fully saturated rings. The van der Waals surface area contributed by atoms with Crippen LogP contribution in [-0.2, 0) is 6.42 Å². The fourth-order valence-electron chi connectivity index (χ4n) is 0.854. The number of rotatable bonds is 2. The normalized spacial score (nSPS) is 8.57. The van der Waals surface area contributed by atoms with E-state index in [9.17, 15) is 0 Å². The zero-order valence-corrected chi connectivity index (χ0v) is 10.8. The summed E-state index contributed by atoms with van der Waals surface area (Å²) in [7, 11) is 0. The van der Waals surface area contributed by atoms with Gasteiger partial charge in [0.2, 0.25) is 0 Å². The van der Waals surface area contributed by atoms with Crippen molar-refractivity contribution < 1.29 is 0 Å². The molecule has 0 aliphatic heterocycles. The van der Waals surface area contributed by atoms with Gasteiger partial charge in [0.05, 0.1) is 5.69 Å². The van der Waals surface area contributed by atoms with Crippen molar-refractivity contribution in [3.63, 3.8) is 0 Å². The lowest BCUT2D eigenvalue weighted by Crippen LogP contribution is -2.01. The molecule has 0 radical (unpaired) electrons. The van der Waals surface area contributed by atoms with Gasteiger partial charge in [-0.05, 0) is 26.3 Å².